The Balaban J connectivity index is 1.85. The van der Waals surface area contributed by atoms with E-state index in [-0.39, 0.29) is 5.72 Å². The predicted octanol–water partition coefficient (Wildman–Crippen LogP) is 2.00. The number of hydrogen-bond donors (Lipinski definition) is 1. The summed E-state index contributed by atoms with van der Waals surface area (Å²) in [6, 6.07) is 0.524. The van der Waals surface area contributed by atoms with E-state index in [1.807, 2.05) is 0 Å². The van der Waals surface area contributed by atoms with E-state index in [0.29, 0.717) is 6.04 Å². The molecule has 0 aromatic carbocycles. The fourth-order valence-corrected chi connectivity index (χ4v) is 3.71. The third-order valence-corrected chi connectivity index (χ3v) is 4.24. The van der Waals surface area contributed by atoms with Gasteiger partial charge in [0.1, 0.15) is 5.72 Å². The molecule has 2 fully saturated rings. The van der Waals surface area contributed by atoms with Gasteiger partial charge in [-0.15, -0.1) is 0 Å². The molecule has 0 aliphatic carbocycles. The number of ether oxygens (including phenoxy) is 1. The Morgan fingerprint density at radius 2 is 2.46 bits per heavy atom. The van der Waals surface area contributed by atoms with Gasteiger partial charge in [-0.25, -0.2) is 0 Å². The monoisotopic (exact) mass is 201 g/mol. The molecule has 2 aliphatic rings. The largest absolute Gasteiger partial charge is 0.359 e. The van der Waals surface area contributed by atoms with Gasteiger partial charge >= 0.3 is 0 Å². The van der Waals surface area contributed by atoms with Crippen molar-refractivity contribution in [2.24, 2.45) is 0 Å². The van der Waals surface area contributed by atoms with Crippen molar-refractivity contribution in [1.82, 2.24) is 5.32 Å². The number of rotatable bonds is 2. The quantitative estimate of drug-likeness (QED) is 0.738. The van der Waals surface area contributed by atoms with Crippen molar-refractivity contribution in [1.29, 1.82) is 0 Å². The van der Waals surface area contributed by atoms with E-state index in [0.717, 1.165) is 11.9 Å². The first-order valence-corrected chi connectivity index (χ1v) is 6.26. The molecule has 2 saturated heterocycles. The van der Waals surface area contributed by atoms with E-state index in [1.54, 1.807) is 0 Å². The normalized spacial score (nSPS) is 45.7. The van der Waals surface area contributed by atoms with Crippen molar-refractivity contribution >= 4 is 11.8 Å². The van der Waals surface area contributed by atoms with Crippen LogP contribution in [0.2, 0.25) is 0 Å². The predicted molar refractivity (Wildman–Crippen MR) is 57.1 cm³/mol. The summed E-state index contributed by atoms with van der Waals surface area (Å²) in [5, 5.41) is 4.34. The molecule has 13 heavy (non-hydrogen) atoms. The maximum atomic E-state index is 5.79. The number of nitrogens with one attached hydrogen (secondary N) is 1. The molecular formula is C10H19NOS. The smallest absolute Gasteiger partial charge is 0.117 e. The highest BCUT2D eigenvalue weighted by Gasteiger charge is 2.36. The summed E-state index contributed by atoms with van der Waals surface area (Å²) in [5.41, 5.74) is -0.0403. The van der Waals surface area contributed by atoms with Gasteiger partial charge in [-0.2, -0.15) is 11.8 Å². The minimum Gasteiger partial charge on any atom is -0.359 e. The van der Waals surface area contributed by atoms with Crippen LogP contribution in [0.3, 0.4) is 0 Å². The SMILES string of the molecule is CC1COC(C)(CC2CCCS2)N1. The lowest BCUT2D eigenvalue weighted by molar-refractivity contribution is -0.000830. The summed E-state index contributed by atoms with van der Waals surface area (Å²) in [4.78, 5) is 0. The number of hydrogen-bond acceptors (Lipinski definition) is 3. The molecule has 0 amide bonds. The van der Waals surface area contributed by atoms with E-state index in [9.17, 15) is 0 Å². The van der Waals surface area contributed by atoms with Crippen molar-refractivity contribution < 1.29 is 4.74 Å². The Bertz CT molecular complexity index is 182. The van der Waals surface area contributed by atoms with Gasteiger partial charge in [0, 0.05) is 17.7 Å². The zero-order chi connectivity index (χ0) is 9.31. The summed E-state index contributed by atoms with van der Waals surface area (Å²) in [6.45, 7) is 5.25. The minimum absolute atomic E-state index is 0.0403. The van der Waals surface area contributed by atoms with Crippen molar-refractivity contribution in [3.63, 3.8) is 0 Å². The van der Waals surface area contributed by atoms with Crippen molar-refractivity contribution in [2.75, 3.05) is 12.4 Å². The van der Waals surface area contributed by atoms with Crippen molar-refractivity contribution in [2.45, 2.75) is 50.1 Å². The van der Waals surface area contributed by atoms with Crippen LogP contribution in [0.25, 0.3) is 0 Å². The lowest BCUT2D eigenvalue weighted by Crippen LogP contribution is -2.42. The first-order chi connectivity index (χ1) is 6.18. The van der Waals surface area contributed by atoms with Crippen LogP contribution in [0.4, 0.5) is 0 Å². The maximum absolute atomic E-state index is 5.79. The summed E-state index contributed by atoms with van der Waals surface area (Å²) in [5.74, 6) is 1.34. The lowest BCUT2D eigenvalue weighted by Gasteiger charge is -2.26. The Morgan fingerprint density at radius 1 is 1.62 bits per heavy atom. The Hall–Kier alpha value is 0.270. The molecule has 3 heteroatoms. The molecule has 1 N–H and O–H groups in total. The molecule has 3 unspecified atom stereocenters. The Morgan fingerprint density at radius 3 is 3.00 bits per heavy atom. The fraction of sp³-hybridized carbons (Fsp3) is 1.00. The van der Waals surface area contributed by atoms with Crippen molar-refractivity contribution in [3.05, 3.63) is 0 Å². The van der Waals surface area contributed by atoms with E-state index in [4.69, 9.17) is 4.74 Å². The molecule has 0 aromatic rings. The van der Waals surface area contributed by atoms with E-state index >= 15 is 0 Å². The third kappa shape index (κ3) is 2.39. The molecule has 0 saturated carbocycles. The summed E-state index contributed by atoms with van der Waals surface area (Å²) < 4.78 is 5.79. The lowest BCUT2D eigenvalue weighted by atomic mass is 10.1. The van der Waals surface area contributed by atoms with Crippen LogP contribution >= 0.6 is 11.8 Å². The molecule has 3 atom stereocenters. The fourth-order valence-electron chi connectivity index (χ4n) is 2.27. The van der Waals surface area contributed by atoms with Gasteiger partial charge < -0.3 is 4.74 Å². The first-order valence-electron chi connectivity index (χ1n) is 5.21. The standard InChI is InChI=1S/C10H19NOS/c1-8-7-12-10(2,11-8)6-9-4-3-5-13-9/h8-9,11H,3-7H2,1-2H3. The zero-order valence-corrected chi connectivity index (χ0v) is 9.32. The maximum Gasteiger partial charge on any atom is 0.117 e. The van der Waals surface area contributed by atoms with E-state index in [2.05, 4.69) is 30.9 Å². The number of thioether (sulfide) groups is 1. The molecule has 2 heterocycles. The van der Waals surface area contributed by atoms with Crippen LogP contribution in [-0.4, -0.2) is 29.4 Å². The minimum atomic E-state index is -0.0403. The van der Waals surface area contributed by atoms with E-state index in [1.165, 1.54) is 25.0 Å². The summed E-state index contributed by atoms with van der Waals surface area (Å²) in [7, 11) is 0. The van der Waals surface area contributed by atoms with Gasteiger partial charge in [0.2, 0.25) is 0 Å². The molecule has 2 nitrogen and oxygen atoms in total. The highest BCUT2D eigenvalue weighted by Crippen LogP contribution is 2.34. The molecule has 0 aromatic heterocycles. The molecular weight excluding hydrogens is 182 g/mol. The van der Waals surface area contributed by atoms with Gasteiger partial charge in [0.05, 0.1) is 6.61 Å². The molecule has 2 rings (SSSR count). The van der Waals surface area contributed by atoms with Crippen LogP contribution in [0.5, 0.6) is 0 Å². The highest BCUT2D eigenvalue weighted by atomic mass is 32.2. The highest BCUT2D eigenvalue weighted by molar-refractivity contribution is 8.00. The second-order valence-corrected chi connectivity index (χ2v) is 5.83. The second kappa shape index (κ2) is 3.79. The molecule has 76 valence electrons. The topological polar surface area (TPSA) is 21.3 Å². The zero-order valence-electron chi connectivity index (χ0n) is 8.51. The summed E-state index contributed by atoms with van der Waals surface area (Å²) >= 11 is 2.11. The van der Waals surface area contributed by atoms with Crippen LogP contribution in [0.1, 0.15) is 33.1 Å². The molecule has 2 aliphatic heterocycles. The van der Waals surface area contributed by atoms with Gasteiger partial charge in [0.25, 0.3) is 0 Å². The third-order valence-electron chi connectivity index (χ3n) is 2.84. The van der Waals surface area contributed by atoms with E-state index < -0.39 is 0 Å². The van der Waals surface area contributed by atoms with Crippen LogP contribution in [0.15, 0.2) is 0 Å². The molecule has 0 radical (unpaired) electrons. The van der Waals surface area contributed by atoms with Crippen molar-refractivity contribution in [3.8, 4) is 0 Å². The van der Waals surface area contributed by atoms with Gasteiger partial charge in [0.15, 0.2) is 0 Å². The Labute approximate surface area is 84.8 Å². The van der Waals surface area contributed by atoms with Gasteiger partial charge in [-0.1, -0.05) is 0 Å². The second-order valence-electron chi connectivity index (χ2n) is 4.43. The molecule has 0 bridgehead atoms. The molecule has 0 spiro atoms. The van der Waals surface area contributed by atoms with Crippen LogP contribution in [0, 0.1) is 0 Å². The summed E-state index contributed by atoms with van der Waals surface area (Å²) in [6.07, 6.45) is 3.93. The average Bonchev–Trinajstić information content (AvgIpc) is 2.62. The first kappa shape index (κ1) is 9.81. The Kier molecular flexibility index (Phi) is 2.86. The van der Waals surface area contributed by atoms with Crippen LogP contribution < -0.4 is 5.32 Å². The van der Waals surface area contributed by atoms with Gasteiger partial charge in [-0.3, -0.25) is 5.32 Å². The average molecular weight is 201 g/mol. The van der Waals surface area contributed by atoms with Crippen LogP contribution in [-0.2, 0) is 4.74 Å². The van der Waals surface area contributed by atoms with Gasteiger partial charge in [-0.05, 0) is 32.4 Å².